The lowest BCUT2D eigenvalue weighted by Crippen LogP contribution is -2.47. The van der Waals surface area contributed by atoms with Crippen LogP contribution in [0.3, 0.4) is 0 Å². The highest BCUT2D eigenvalue weighted by molar-refractivity contribution is 5.78. The maximum absolute atomic E-state index is 6.07. The van der Waals surface area contributed by atoms with Gasteiger partial charge in [-0.3, -0.25) is 0 Å². The van der Waals surface area contributed by atoms with Gasteiger partial charge in [0.15, 0.2) is 5.96 Å². The van der Waals surface area contributed by atoms with Crippen molar-refractivity contribution in [3.63, 3.8) is 0 Å². The summed E-state index contributed by atoms with van der Waals surface area (Å²) in [5.41, 5.74) is 5.99. The van der Waals surface area contributed by atoms with Crippen molar-refractivity contribution in [1.29, 1.82) is 0 Å². The van der Waals surface area contributed by atoms with Crippen molar-refractivity contribution in [3.05, 3.63) is 0 Å². The first kappa shape index (κ1) is 13.3. The molecule has 2 unspecified atom stereocenters. The molecule has 0 radical (unpaired) electrons. The van der Waals surface area contributed by atoms with E-state index in [2.05, 4.69) is 44.6 Å². The molecule has 1 saturated carbocycles. The second kappa shape index (κ2) is 5.07. The third-order valence-corrected chi connectivity index (χ3v) is 3.38. The van der Waals surface area contributed by atoms with Gasteiger partial charge in [-0.15, -0.1) is 0 Å². The molecule has 0 amide bonds. The first-order valence-corrected chi connectivity index (χ1v) is 6.39. The molecule has 3 heteroatoms. The van der Waals surface area contributed by atoms with E-state index in [4.69, 9.17) is 5.73 Å². The van der Waals surface area contributed by atoms with E-state index in [1.54, 1.807) is 0 Å². The fourth-order valence-electron chi connectivity index (χ4n) is 2.46. The van der Waals surface area contributed by atoms with Crippen molar-refractivity contribution >= 4 is 5.96 Å². The second-order valence-electron chi connectivity index (χ2n) is 6.08. The Hall–Kier alpha value is -0.730. The molecule has 1 aliphatic rings. The molecule has 3 nitrogen and oxygen atoms in total. The van der Waals surface area contributed by atoms with Crippen LogP contribution in [-0.4, -0.2) is 29.5 Å². The minimum atomic E-state index is -0.0871. The van der Waals surface area contributed by atoms with E-state index < -0.39 is 0 Å². The number of hydrogen-bond acceptors (Lipinski definition) is 1. The summed E-state index contributed by atoms with van der Waals surface area (Å²) >= 11 is 0. The standard InChI is InChI=1S/C13H27N3/c1-10-8-6-7-9-11(10)16(5)12(14)15-13(2,3)4/h10-11H,6-9H2,1-5H3,(H2,14,15). The summed E-state index contributed by atoms with van der Waals surface area (Å²) in [4.78, 5) is 6.71. The summed E-state index contributed by atoms with van der Waals surface area (Å²) in [5.74, 6) is 1.42. The molecule has 0 aromatic carbocycles. The SMILES string of the molecule is CC1CCCCC1N(C)C(N)=NC(C)(C)C. The number of aliphatic imine (C=N–C) groups is 1. The largest absolute Gasteiger partial charge is 0.370 e. The Balaban J connectivity index is 2.69. The van der Waals surface area contributed by atoms with Crippen molar-refractivity contribution in [2.45, 2.75) is 65.0 Å². The van der Waals surface area contributed by atoms with E-state index in [1.807, 2.05) is 0 Å². The molecular formula is C13H27N3. The Kier molecular flexibility index (Phi) is 4.22. The van der Waals surface area contributed by atoms with Crippen LogP contribution in [-0.2, 0) is 0 Å². The van der Waals surface area contributed by atoms with Crippen molar-refractivity contribution in [1.82, 2.24) is 4.90 Å². The minimum Gasteiger partial charge on any atom is -0.370 e. The van der Waals surface area contributed by atoms with E-state index in [-0.39, 0.29) is 5.54 Å². The van der Waals surface area contributed by atoms with Crippen LogP contribution in [0, 0.1) is 5.92 Å². The van der Waals surface area contributed by atoms with Crippen LogP contribution in [0.2, 0.25) is 0 Å². The Morgan fingerprint density at radius 1 is 1.25 bits per heavy atom. The highest BCUT2D eigenvalue weighted by Crippen LogP contribution is 2.27. The summed E-state index contributed by atoms with van der Waals surface area (Å²) in [7, 11) is 2.08. The van der Waals surface area contributed by atoms with Gasteiger partial charge in [0.05, 0.1) is 5.54 Å². The number of rotatable bonds is 1. The lowest BCUT2D eigenvalue weighted by atomic mass is 9.85. The van der Waals surface area contributed by atoms with E-state index >= 15 is 0 Å². The summed E-state index contributed by atoms with van der Waals surface area (Å²) in [6.45, 7) is 8.57. The van der Waals surface area contributed by atoms with Gasteiger partial charge in [0, 0.05) is 13.1 Å². The average molecular weight is 225 g/mol. The van der Waals surface area contributed by atoms with Gasteiger partial charge in [-0.2, -0.15) is 0 Å². The molecule has 0 aliphatic heterocycles. The molecule has 1 aliphatic carbocycles. The highest BCUT2D eigenvalue weighted by Gasteiger charge is 2.26. The predicted molar refractivity (Wildman–Crippen MR) is 70.6 cm³/mol. The molecule has 94 valence electrons. The van der Waals surface area contributed by atoms with Crippen LogP contribution < -0.4 is 5.73 Å². The summed E-state index contributed by atoms with van der Waals surface area (Å²) in [6, 6.07) is 0.569. The third kappa shape index (κ3) is 3.69. The number of nitrogens with zero attached hydrogens (tertiary/aromatic N) is 2. The second-order valence-corrected chi connectivity index (χ2v) is 6.08. The van der Waals surface area contributed by atoms with Gasteiger partial charge in [0.2, 0.25) is 0 Å². The van der Waals surface area contributed by atoms with Crippen LogP contribution in [0.1, 0.15) is 53.4 Å². The van der Waals surface area contributed by atoms with Gasteiger partial charge < -0.3 is 10.6 Å². The predicted octanol–water partition coefficient (Wildman–Crippen LogP) is 2.61. The molecule has 0 saturated heterocycles. The summed E-state index contributed by atoms with van der Waals surface area (Å²) in [5, 5.41) is 0. The Morgan fingerprint density at radius 2 is 1.81 bits per heavy atom. The molecule has 0 bridgehead atoms. The van der Waals surface area contributed by atoms with Crippen LogP contribution in [0.25, 0.3) is 0 Å². The van der Waals surface area contributed by atoms with Crippen LogP contribution in [0.15, 0.2) is 4.99 Å². The van der Waals surface area contributed by atoms with Gasteiger partial charge in [0.1, 0.15) is 0 Å². The smallest absolute Gasteiger partial charge is 0.191 e. The van der Waals surface area contributed by atoms with Gasteiger partial charge in [-0.1, -0.05) is 19.8 Å². The maximum atomic E-state index is 6.07. The Morgan fingerprint density at radius 3 is 2.31 bits per heavy atom. The van der Waals surface area contributed by atoms with Gasteiger partial charge in [0.25, 0.3) is 0 Å². The number of nitrogens with two attached hydrogens (primary N) is 1. The fourth-order valence-corrected chi connectivity index (χ4v) is 2.46. The van der Waals surface area contributed by atoms with E-state index in [1.165, 1.54) is 25.7 Å². The van der Waals surface area contributed by atoms with Crippen LogP contribution in [0.5, 0.6) is 0 Å². The molecule has 2 N–H and O–H groups in total. The number of guanidine groups is 1. The maximum Gasteiger partial charge on any atom is 0.191 e. The normalized spacial score (nSPS) is 27.9. The lowest BCUT2D eigenvalue weighted by molar-refractivity contribution is 0.202. The zero-order chi connectivity index (χ0) is 12.3. The fraction of sp³-hybridized carbons (Fsp3) is 0.923. The zero-order valence-electron chi connectivity index (χ0n) is 11.5. The van der Waals surface area contributed by atoms with Crippen LogP contribution >= 0.6 is 0 Å². The first-order valence-electron chi connectivity index (χ1n) is 6.39. The molecule has 0 heterocycles. The minimum absolute atomic E-state index is 0.0871. The molecule has 2 atom stereocenters. The van der Waals surface area contributed by atoms with Crippen molar-refractivity contribution < 1.29 is 0 Å². The lowest BCUT2D eigenvalue weighted by Gasteiger charge is -2.37. The third-order valence-electron chi connectivity index (χ3n) is 3.38. The van der Waals surface area contributed by atoms with Crippen LogP contribution in [0.4, 0.5) is 0 Å². The summed E-state index contributed by atoms with van der Waals surface area (Å²) in [6.07, 6.45) is 5.25. The molecule has 1 fully saturated rings. The van der Waals surface area contributed by atoms with E-state index in [0.29, 0.717) is 12.0 Å². The molecule has 16 heavy (non-hydrogen) atoms. The molecule has 0 aromatic rings. The quantitative estimate of drug-likeness (QED) is 0.550. The van der Waals surface area contributed by atoms with Gasteiger partial charge in [-0.25, -0.2) is 4.99 Å². The van der Waals surface area contributed by atoms with E-state index in [9.17, 15) is 0 Å². The van der Waals surface area contributed by atoms with Gasteiger partial charge >= 0.3 is 0 Å². The first-order chi connectivity index (χ1) is 7.31. The summed E-state index contributed by atoms with van der Waals surface area (Å²) < 4.78 is 0. The zero-order valence-corrected chi connectivity index (χ0v) is 11.5. The molecule has 0 spiro atoms. The Bertz CT molecular complexity index is 252. The van der Waals surface area contributed by atoms with Crippen molar-refractivity contribution in [3.8, 4) is 0 Å². The number of hydrogen-bond donors (Lipinski definition) is 1. The highest BCUT2D eigenvalue weighted by atomic mass is 15.3. The molecular weight excluding hydrogens is 198 g/mol. The topological polar surface area (TPSA) is 41.6 Å². The van der Waals surface area contributed by atoms with Gasteiger partial charge in [-0.05, 0) is 39.5 Å². The van der Waals surface area contributed by atoms with E-state index in [0.717, 1.165) is 5.92 Å². The Labute approximate surface area is 100 Å². The van der Waals surface area contributed by atoms with Crippen molar-refractivity contribution in [2.24, 2.45) is 16.6 Å². The van der Waals surface area contributed by atoms with Crippen molar-refractivity contribution in [2.75, 3.05) is 7.05 Å². The monoisotopic (exact) mass is 225 g/mol. The molecule has 1 rings (SSSR count). The molecule has 0 aromatic heterocycles. The average Bonchev–Trinajstić information content (AvgIpc) is 2.15.